The second-order valence-electron chi connectivity index (χ2n) is 9.74. The summed E-state index contributed by atoms with van der Waals surface area (Å²) in [5.74, 6) is 0.244. The second kappa shape index (κ2) is 11.2. The highest BCUT2D eigenvalue weighted by Crippen LogP contribution is 2.35. The molecule has 1 aromatic carbocycles. The smallest absolute Gasteiger partial charge is 0.410 e. The van der Waals surface area contributed by atoms with Gasteiger partial charge in [0, 0.05) is 12.1 Å². The number of hydrogen-bond acceptors (Lipinski definition) is 5. The highest BCUT2D eigenvalue weighted by atomic mass is 16.6. The number of carbonyl (C=O) groups excluding carboxylic acids is 1. The Hall–Kier alpha value is -3.87. The lowest BCUT2D eigenvalue weighted by molar-refractivity contribution is 0.0221. The first kappa shape index (κ1) is 26.7. The van der Waals surface area contributed by atoms with Crippen molar-refractivity contribution in [3.8, 4) is 5.75 Å². The number of pyridine rings is 1. The number of ether oxygens (including phenoxy) is 2. The monoisotopic (exact) mass is 490 g/mol. The Morgan fingerprint density at radius 1 is 1.19 bits per heavy atom. The molecule has 1 unspecified atom stereocenters. The fourth-order valence-corrected chi connectivity index (χ4v) is 4.12. The number of carbonyl (C=O) groups is 2. The molecule has 1 amide bonds. The molecule has 190 valence electrons. The van der Waals surface area contributed by atoms with Crippen molar-refractivity contribution >= 4 is 17.6 Å². The Bertz CT molecular complexity index is 1190. The lowest BCUT2D eigenvalue weighted by Gasteiger charge is -2.29. The standard InChI is InChI=1S/C29H34N2O5/c1-7-21(16-15-20(3)35-22-12-9-8-10-13-22)26-25(27(32)33)19(2)18-23(30-26)24-14-11-17-31(24)28(34)36-29(4,5)6/h7-10,12-13,15-16,18,24H,1,11,14,17H2,2-6H3,(H,32,33)/b20-15+,21-16+. The van der Waals surface area contributed by atoms with Crippen LogP contribution in [0.1, 0.15) is 73.9 Å². The summed E-state index contributed by atoms with van der Waals surface area (Å²) in [6.07, 6.45) is 6.19. The van der Waals surface area contributed by atoms with Gasteiger partial charge in [0.25, 0.3) is 0 Å². The van der Waals surface area contributed by atoms with Crippen LogP contribution in [0.5, 0.6) is 5.75 Å². The minimum Gasteiger partial charge on any atom is -0.478 e. The van der Waals surface area contributed by atoms with E-state index in [1.54, 1.807) is 36.1 Å². The Balaban J connectivity index is 2.00. The molecule has 7 nitrogen and oxygen atoms in total. The number of likely N-dealkylation sites (tertiary alicyclic amines) is 1. The molecule has 0 saturated carbocycles. The van der Waals surface area contributed by atoms with Crippen molar-refractivity contribution in [1.82, 2.24) is 9.88 Å². The van der Waals surface area contributed by atoms with E-state index in [1.807, 2.05) is 58.0 Å². The number of aromatic carboxylic acids is 1. The third kappa shape index (κ3) is 6.62. The van der Waals surface area contributed by atoms with Crippen LogP contribution in [0.3, 0.4) is 0 Å². The molecule has 36 heavy (non-hydrogen) atoms. The van der Waals surface area contributed by atoms with E-state index in [2.05, 4.69) is 6.58 Å². The molecule has 1 atom stereocenters. The van der Waals surface area contributed by atoms with Gasteiger partial charge in [-0.15, -0.1) is 0 Å². The minimum absolute atomic E-state index is 0.0988. The van der Waals surface area contributed by atoms with Crippen LogP contribution in [0, 0.1) is 6.92 Å². The number of aromatic nitrogens is 1. The fraction of sp³-hybridized carbons (Fsp3) is 0.345. The van der Waals surface area contributed by atoms with Crippen LogP contribution in [0.15, 0.2) is 67.0 Å². The molecule has 0 bridgehead atoms. The van der Waals surface area contributed by atoms with Crippen molar-refractivity contribution in [2.45, 2.75) is 59.1 Å². The molecule has 1 aliphatic rings. The van der Waals surface area contributed by atoms with Gasteiger partial charge in [-0.3, -0.25) is 4.90 Å². The average molecular weight is 491 g/mol. The predicted molar refractivity (Wildman–Crippen MR) is 140 cm³/mol. The van der Waals surface area contributed by atoms with Gasteiger partial charge in [-0.05, 0) is 83.4 Å². The molecule has 1 N–H and O–H groups in total. The maximum absolute atomic E-state index is 12.8. The lowest BCUT2D eigenvalue weighted by Crippen LogP contribution is -2.36. The summed E-state index contributed by atoms with van der Waals surface area (Å²) in [7, 11) is 0. The zero-order chi connectivity index (χ0) is 26.5. The second-order valence-corrected chi connectivity index (χ2v) is 9.74. The number of carboxylic acids is 1. The Morgan fingerprint density at radius 3 is 2.50 bits per heavy atom. The first-order valence-electron chi connectivity index (χ1n) is 12.0. The average Bonchev–Trinajstić information content (AvgIpc) is 3.29. The Labute approximate surface area is 212 Å². The number of hydrogen-bond donors (Lipinski definition) is 1. The van der Waals surface area contributed by atoms with Crippen LogP contribution in [0.4, 0.5) is 4.79 Å². The van der Waals surface area contributed by atoms with Crippen molar-refractivity contribution in [3.05, 3.63) is 89.5 Å². The van der Waals surface area contributed by atoms with E-state index in [4.69, 9.17) is 14.5 Å². The maximum atomic E-state index is 12.8. The third-order valence-electron chi connectivity index (χ3n) is 5.69. The van der Waals surface area contributed by atoms with Gasteiger partial charge in [-0.25, -0.2) is 14.6 Å². The molecule has 0 aliphatic carbocycles. The fourth-order valence-electron chi connectivity index (χ4n) is 4.12. The van der Waals surface area contributed by atoms with Gasteiger partial charge in [0.05, 0.1) is 23.0 Å². The van der Waals surface area contributed by atoms with Gasteiger partial charge < -0.3 is 14.6 Å². The Kier molecular flexibility index (Phi) is 8.35. The zero-order valence-electron chi connectivity index (χ0n) is 21.6. The number of aryl methyl sites for hydroxylation is 1. The summed E-state index contributed by atoms with van der Waals surface area (Å²) in [5, 5.41) is 9.96. The maximum Gasteiger partial charge on any atom is 0.410 e. The molecule has 1 aliphatic heterocycles. The molecular formula is C29H34N2O5. The summed E-state index contributed by atoms with van der Waals surface area (Å²) < 4.78 is 11.4. The van der Waals surface area contributed by atoms with E-state index >= 15 is 0 Å². The topological polar surface area (TPSA) is 89.0 Å². The molecule has 2 aromatic rings. The normalized spacial score (nSPS) is 16.6. The molecule has 2 heterocycles. The summed E-state index contributed by atoms with van der Waals surface area (Å²) in [6.45, 7) is 13.5. The largest absolute Gasteiger partial charge is 0.478 e. The minimum atomic E-state index is -1.08. The van der Waals surface area contributed by atoms with Crippen molar-refractivity contribution in [1.29, 1.82) is 0 Å². The number of carboxylic acid groups (broad SMARTS) is 1. The van der Waals surface area contributed by atoms with Gasteiger partial charge in [0.15, 0.2) is 0 Å². The van der Waals surface area contributed by atoms with Crippen LogP contribution in [0.25, 0.3) is 5.57 Å². The lowest BCUT2D eigenvalue weighted by atomic mass is 9.98. The molecule has 1 fully saturated rings. The highest BCUT2D eigenvalue weighted by molar-refractivity contribution is 5.96. The van der Waals surface area contributed by atoms with Crippen molar-refractivity contribution in [2.75, 3.05) is 6.54 Å². The van der Waals surface area contributed by atoms with Crippen LogP contribution < -0.4 is 4.74 Å². The molecule has 1 aromatic heterocycles. The van der Waals surface area contributed by atoms with Crippen molar-refractivity contribution in [2.24, 2.45) is 0 Å². The van der Waals surface area contributed by atoms with Gasteiger partial charge in [-0.1, -0.05) is 30.9 Å². The molecule has 0 radical (unpaired) electrons. The third-order valence-corrected chi connectivity index (χ3v) is 5.69. The number of nitrogens with zero attached hydrogens (tertiary/aromatic N) is 2. The van der Waals surface area contributed by atoms with Crippen LogP contribution >= 0.6 is 0 Å². The van der Waals surface area contributed by atoms with Crippen molar-refractivity contribution in [3.63, 3.8) is 0 Å². The molecule has 1 saturated heterocycles. The number of para-hydroxylation sites is 1. The summed E-state index contributed by atoms with van der Waals surface area (Å²) >= 11 is 0. The van der Waals surface area contributed by atoms with Crippen LogP contribution in [-0.4, -0.2) is 39.2 Å². The first-order valence-corrected chi connectivity index (χ1v) is 12.0. The van der Waals surface area contributed by atoms with E-state index in [1.165, 1.54) is 0 Å². The van der Waals surface area contributed by atoms with Crippen LogP contribution in [0.2, 0.25) is 0 Å². The van der Waals surface area contributed by atoms with Gasteiger partial charge >= 0.3 is 12.1 Å². The molecule has 0 spiro atoms. The summed E-state index contributed by atoms with van der Waals surface area (Å²) in [5.41, 5.74) is 1.51. The first-order chi connectivity index (χ1) is 17.0. The number of rotatable bonds is 7. The van der Waals surface area contributed by atoms with Crippen molar-refractivity contribution < 1.29 is 24.2 Å². The van der Waals surface area contributed by atoms with E-state index in [9.17, 15) is 14.7 Å². The quantitative estimate of drug-likeness (QED) is 0.343. The number of benzene rings is 1. The van der Waals surface area contributed by atoms with Gasteiger partial charge in [-0.2, -0.15) is 0 Å². The van der Waals surface area contributed by atoms with E-state index in [0.29, 0.717) is 47.0 Å². The van der Waals surface area contributed by atoms with E-state index in [0.717, 1.165) is 6.42 Å². The Morgan fingerprint density at radius 2 is 1.89 bits per heavy atom. The molecule has 7 heteroatoms. The van der Waals surface area contributed by atoms with Crippen LogP contribution in [-0.2, 0) is 4.74 Å². The zero-order valence-corrected chi connectivity index (χ0v) is 21.6. The number of amides is 1. The summed E-state index contributed by atoms with van der Waals surface area (Å²) in [6, 6.07) is 10.8. The van der Waals surface area contributed by atoms with E-state index < -0.39 is 17.7 Å². The molecular weight excluding hydrogens is 456 g/mol. The van der Waals surface area contributed by atoms with E-state index in [-0.39, 0.29) is 11.6 Å². The van der Waals surface area contributed by atoms with Gasteiger partial charge in [0.2, 0.25) is 0 Å². The SMILES string of the molecule is C=C/C(=C\C=C(/C)Oc1ccccc1)c1nc(C2CCCN2C(=O)OC(C)(C)C)cc(C)c1C(=O)O. The number of allylic oxidation sites excluding steroid dienone is 5. The van der Waals surface area contributed by atoms with Gasteiger partial charge in [0.1, 0.15) is 17.1 Å². The molecule has 3 rings (SSSR count). The predicted octanol–water partition coefficient (Wildman–Crippen LogP) is 6.71. The summed E-state index contributed by atoms with van der Waals surface area (Å²) in [4.78, 5) is 31.4. The highest BCUT2D eigenvalue weighted by Gasteiger charge is 2.35.